The van der Waals surface area contributed by atoms with E-state index < -0.39 is 23.6 Å². The molecule has 0 saturated carbocycles. The number of aromatic nitrogens is 4. The SMILES string of the molecule is Cc1nc(NC(=O)c2cc3nc(-c4ccc(F)cc4)cc(C(F)(F)F)n3n2)sc1C. The maximum atomic E-state index is 13.6. The van der Waals surface area contributed by atoms with E-state index in [-0.39, 0.29) is 17.0 Å². The molecule has 154 valence electrons. The second-order valence-corrected chi connectivity index (χ2v) is 7.65. The van der Waals surface area contributed by atoms with Crippen LogP contribution in [0.15, 0.2) is 36.4 Å². The summed E-state index contributed by atoms with van der Waals surface area (Å²) in [6.07, 6.45) is -4.75. The first-order valence-electron chi connectivity index (χ1n) is 8.61. The highest BCUT2D eigenvalue weighted by Crippen LogP contribution is 2.32. The third-order valence-electron chi connectivity index (χ3n) is 4.34. The molecule has 0 atom stereocenters. The second-order valence-electron chi connectivity index (χ2n) is 6.45. The average molecular weight is 435 g/mol. The van der Waals surface area contributed by atoms with Crippen LogP contribution in [0, 0.1) is 19.7 Å². The number of nitrogens with one attached hydrogen (secondary N) is 1. The number of carbonyl (C=O) groups is 1. The highest BCUT2D eigenvalue weighted by molar-refractivity contribution is 7.15. The van der Waals surface area contributed by atoms with Crippen LogP contribution in [0.4, 0.5) is 22.7 Å². The fourth-order valence-electron chi connectivity index (χ4n) is 2.74. The number of alkyl halides is 3. The molecule has 0 spiro atoms. The van der Waals surface area contributed by atoms with E-state index in [1.54, 1.807) is 6.92 Å². The lowest BCUT2D eigenvalue weighted by Gasteiger charge is -2.11. The van der Waals surface area contributed by atoms with Crippen LogP contribution in [0.2, 0.25) is 0 Å². The van der Waals surface area contributed by atoms with E-state index in [2.05, 4.69) is 20.4 Å². The first kappa shape index (κ1) is 20.0. The zero-order valence-corrected chi connectivity index (χ0v) is 16.4. The lowest BCUT2D eigenvalue weighted by Crippen LogP contribution is -2.15. The fourth-order valence-corrected chi connectivity index (χ4v) is 3.55. The maximum Gasteiger partial charge on any atom is 0.433 e. The van der Waals surface area contributed by atoms with Crippen molar-refractivity contribution in [3.8, 4) is 11.3 Å². The Morgan fingerprint density at radius 3 is 2.40 bits per heavy atom. The molecule has 1 amide bonds. The molecule has 0 aliphatic rings. The summed E-state index contributed by atoms with van der Waals surface area (Å²) in [6, 6.07) is 6.87. The molecule has 0 fully saturated rings. The van der Waals surface area contributed by atoms with Gasteiger partial charge < -0.3 is 0 Å². The summed E-state index contributed by atoms with van der Waals surface area (Å²) in [7, 11) is 0. The molecular weight excluding hydrogens is 422 g/mol. The molecule has 1 N–H and O–H groups in total. The number of hydrogen-bond donors (Lipinski definition) is 1. The van der Waals surface area contributed by atoms with Crippen molar-refractivity contribution >= 4 is 28.0 Å². The monoisotopic (exact) mass is 435 g/mol. The molecule has 4 aromatic rings. The van der Waals surface area contributed by atoms with Crippen LogP contribution in [0.5, 0.6) is 0 Å². The number of benzene rings is 1. The predicted octanol–water partition coefficient (Wildman–Crippen LogP) is 4.88. The van der Waals surface area contributed by atoms with Gasteiger partial charge in [-0.3, -0.25) is 10.1 Å². The van der Waals surface area contributed by atoms with Gasteiger partial charge in [0, 0.05) is 16.5 Å². The van der Waals surface area contributed by atoms with Crippen molar-refractivity contribution in [1.82, 2.24) is 19.6 Å². The van der Waals surface area contributed by atoms with Crippen molar-refractivity contribution in [3.63, 3.8) is 0 Å². The van der Waals surface area contributed by atoms with Crippen LogP contribution >= 0.6 is 11.3 Å². The summed E-state index contributed by atoms with van der Waals surface area (Å²) < 4.78 is 54.6. The summed E-state index contributed by atoms with van der Waals surface area (Å²) >= 11 is 1.25. The predicted molar refractivity (Wildman–Crippen MR) is 103 cm³/mol. The van der Waals surface area contributed by atoms with E-state index in [9.17, 15) is 22.4 Å². The molecule has 0 bridgehead atoms. The van der Waals surface area contributed by atoms with E-state index in [1.807, 2.05) is 6.92 Å². The highest BCUT2D eigenvalue weighted by Gasteiger charge is 2.35. The Labute approximate surface area is 171 Å². The molecule has 1 aromatic carbocycles. The third-order valence-corrected chi connectivity index (χ3v) is 5.33. The van der Waals surface area contributed by atoms with Gasteiger partial charge >= 0.3 is 6.18 Å². The first-order valence-corrected chi connectivity index (χ1v) is 9.43. The van der Waals surface area contributed by atoms with Gasteiger partial charge in [0.2, 0.25) is 0 Å². The van der Waals surface area contributed by atoms with Gasteiger partial charge in [0.1, 0.15) is 5.82 Å². The summed E-state index contributed by atoms with van der Waals surface area (Å²) in [5.41, 5.74) is -0.490. The van der Waals surface area contributed by atoms with Gasteiger partial charge in [0.25, 0.3) is 5.91 Å². The maximum absolute atomic E-state index is 13.6. The van der Waals surface area contributed by atoms with Crippen LogP contribution < -0.4 is 5.32 Å². The lowest BCUT2D eigenvalue weighted by atomic mass is 10.1. The molecule has 3 aromatic heterocycles. The van der Waals surface area contributed by atoms with Gasteiger partial charge in [0.05, 0.1) is 11.4 Å². The van der Waals surface area contributed by atoms with Crippen molar-refractivity contribution in [2.75, 3.05) is 5.32 Å². The standard InChI is InChI=1S/C19H13F4N5OS/c1-9-10(2)30-18(24-9)26-17(29)14-8-16-25-13(11-3-5-12(20)6-4-11)7-15(19(21,22)23)28(16)27-14/h3-8H,1-2H3,(H,24,26,29). The Morgan fingerprint density at radius 1 is 1.10 bits per heavy atom. The summed E-state index contributed by atoms with van der Waals surface area (Å²) in [5, 5.41) is 6.65. The molecule has 0 aliphatic heterocycles. The topological polar surface area (TPSA) is 72.2 Å². The third kappa shape index (κ3) is 3.75. The average Bonchev–Trinajstić information content (AvgIpc) is 3.23. The smallest absolute Gasteiger partial charge is 0.296 e. The van der Waals surface area contributed by atoms with Crippen LogP contribution in [-0.2, 0) is 6.18 Å². The van der Waals surface area contributed by atoms with Crippen molar-refractivity contribution in [2.24, 2.45) is 0 Å². The van der Waals surface area contributed by atoms with Crippen molar-refractivity contribution in [3.05, 3.63) is 64.2 Å². The van der Waals surface area contributed by atoms with Gasteiger partial charge in [-0.1, -0.05) is 0 Å². The van der Waals surface area contributed by atoms with E-state index in [0.29, 0.717) is 15.2 Å². The highest BCUT2D eigenvalue weighted by atomic mass is 32.1. The summed E-state index contributed by atoms with van der Waals surface area (Å²) in [6.45, 7) is 3.62. The molecule has 0 unspecified atom stereocenters. The van der Waals surface area contributed by atoms with Crippen molar-refractivity contribution in [1.29, 1.82) is 0 Å². The number of nitrogens with zero attached hydrogens (tertiary/aromatic N) is 4. The van der Waals surface area contributed by atoms with Crippen LogP contribution in [0.1, 0.15) is 26.8 Å². The van der Waals surface area contributed by atoms with Crippen molar-refractivity contribution in [2.45, 2.75) is 20.0 Å². The summed E-state index contributed by atoms with van der Waals surface area (Å²) in [4.78, 5) is 21.7. The van der Waals surface area contributed by atoms with Crippen molar-refractivity contribution < 1.29 is 22.4 Å². The zero-order chi connectivity index (χ0) is 21.6. The van der Waals surface area contributed by atoms with Crippen LogP contribution in [-0.4, -0.2) is 25.5 Å². The van der Waals surface area contributed by atoms with Crippen LogP contribution in [0.25, 0.3) is 16.9 Å². The van der Waals surface area contributed by atoms with Gasteiger partial charge in [0.15, 0.2) is 22.2 Å². The number of rotatable bonds is 3. The van der Waals surface area contributed by atoms with Gasteiger partial charge in [-0.05, 0) is 44.2 Å². The molecule has 3 heterocycles. The molecular formula is C19H13F4N5OS. The molecule has 4 rings (SSSR count). The summed E-state index contributed by atoms with van der Waals surface area (Å²) in [5.74, 6) is -1.22. The van der Waals surface area contributed by atoms with Gasteiger partial charge in [-0.2, -0.15) is 18.3 Å². The quantitative estimate of drug-likeness (QED) is 0.466. The number of fused-ring (bicyclic) bond motifs is 1. The van der Waals surface area contributed by atoms with Gasteiger partial charge in [-0.15, -0.1) is 11.3 Å². The number of hydrogen-bond acceptors (Lipinski definition) is 5. The van der Waals surface area contributed by atoms with E-state index in [0.717, 1.165) is 34.8 Å². The van der Waals surface area contributed by atoms with E-state index in [1.165, 1.54) is 23.5 Å². The first-order chi connectivity index (χ1) is 14.1. The number of aryl methyl sites for hydroxylation is 2. The minimum Gasteiger partial charge on any atom is -0.296 e. The minimum atomic E-state index is -4.75. The Bertz CT molecular complexity index is 1240. The Balaban J connectivity index is 1.78. The second kappa shape index (κ2) is 7.17. The Morgan fingerprint density at radius 2 is 1.80 bits per heavy atom. The molecule has 11 heteroatoms. The molecule has 0 saturated heterocycles. The van der Waals surface area contributed by atoms with Crippen LogP contribution in [0.3, 0.4) is 0 Å². The largest absolute Gasteiger partial charge is 0.433 e. The zero-order valence-electron chi connectivity index (χ0n) is 15.6. The number of amides is 1. The lowest BCUT2D eigenvalue weighted by molar-refractivity contribution is -0.142. The molecule has 30 heavy (non-hydrogen) atoms. The molecule has 0 radical (unpaired) electrons. The Hall–Kier alpha value is -3.34. The van der Waals surface area contributed by atoms with E-state index in [4.69, 9.17) is 0 Å². The normalized spacial score (nSPS) is 11.8. The Kier molecular flexibility index (Phi) is 4.77. The minimum absolute atomic E-state index is 0.0205. The fraction of sp³-hybridized carbons (Fsp3) is 0.158. The van der Waals surface area contributed by atoms with Gasteiger partial charge in [-0.25, -0.2) is 18.9 Å². The number of anilines is 1. The molecule has 0 aliphatic carbocycles. The number of thiazole rings is 1. The molecule has 6 nitrogen and oxygen atoms in total. The number of halogens is 4. The number of carbonyl (C=O) groups excluding carboxylic acids is 1. The van der Waals surface area contributed by atoms with E-state index >= 15 is 0 Å².